The Labute approximate surface area is 143 Å². The number of nitrogens with zero attached hydrogens (tertiary/aromatic N) is 2. The number of aliphatic hydroxyl groups is 1. The molecule has 0 fully saturated rings. The molecule has 0 bridgehead atoms. The van der Waals surface area contributed by atoms with Gasteiger partial charge in [0.05, 0.1) is 0 Å². The van der Waals surface area contributed by atoms with Crippen LogP contribution in [0.1, 0.15) is 19.4 Å². The zero-order valence-electron chi connectivity index (χ0n) is 14.5. The first-order chi connectivity index (χ1) is 11.6. The largest absolute Gasteiger partial charge is 0.392 e. The van der Waals surface area contributed by atoms with Gasteiger partial charge in [-0.1, -0.05) is 61.5 Å². The first-order valence-electron chi connectivity index (χ1n) is 8.45. The second kappa shape index (κ2) is 9.25. The molecule has 0 radical (unpaired) electrons. The molecule has 0 aliphatic heterocycles. The Balaban J connectivity index is 1.89. The van der Waals surface area contributed by atoms with Gasteiger partial charge in [0.2, 0.25) is 0 Å². The molecule has 3 N–H and O–H groups in total. The molecule has 0 saturated carbocycles. The van der Waals surface area contributed by atoms with E-state index in [9.17, 15) is 5.11 Å². The van der Waals surface area contributed by atoms with Crippen molar-refractivity contribution >= 4 is 16.6 Å². The fourth-order valence-corrected chi connectivity index (χ4v) is 2.71. The molecule has 0 aromatic heterocycles. The van der Waals surface area contributed by atoms with Gasteiger partial charge < -0.3 is 20.6 Å². The molecule has 5 nitrogen and oxygen atoms in total. The molecule has 0 amide bonds. The Hall–Kier alpha value is -2.11. The number of nitrogens with two attached hydrogens (primary N) is 1. The third kappa shape index (κ3) is 5.22. The lowest BCUT2D eigenvalue weighted by Gasteiger charge is -2.20. The van der Waals surface area contributed by atoms with Crippen molar-refractivity contribution in [2.24, 2.45) is 10.9 Å². The highest BCUT2D eigenvalue weighted by molar-refractivity contribution is 5.91. The fourth-order valence-electron chi connectivity index (χ4n) is 2.71. The zero-order valence-corrected chi connectivity index (χ0v) is 14.5. The lowest BCUT2D eigenvalue weighted by molar-refractivity contribution is 0.0205. The number of rotatable bonds is 9. The molecule has 1 atom stereocenters. The van der Waals surface area contributed by atoms with E-state index < -0.39 is 6.10 Å². The van der Waals surface area contributed by atoms with Crippen molar-refractivity contribution in [2.75, 3.05) is 26.2 Å². The maximum atomic E-state index is 9.95. The number of amidine groups is 1. The number of hydrogen-bond donors (Lipinski definition) is 2. The topological polar surface area (TPSA) is 71.1 Å². The maximum Gasteiger partial charge on any atom is 0.144 e. The lowest BCUT2D eigenvalue weighted by Crippen LogP contribution is -2.34. The minimum Gasteiger partial charge on any atom is -0.392 e. The van der Waals surface area contributed by atoms with Crippen molar-refractivity contribution in [3.05, 3.63) is 48.0 Å². The molecule has 130 valence electrons. The first kappa shape index (κ1) is 18.2. The van der Waals surface area contributed by atoms with E-state index in [0.717, 1.165) is 18.7 Å². The number of likely N-dealkylation sites (N-methyl/N-ethyl adjacent to an activating group) is 1. The highest BCUT2D eigenvalue weighted by atomic mass is 16.6. The molecule has 1 unspecified atom stereocenters. The van der Waals surface area contributed by atoms with Crippen LogP contribution in [-0.4, -0.2) is 48.2 Å². The molecule has 2 rings (SSSR count). The van der Waals surface area contributed by atoms with Crippen LogP contribution in [0.3, 0.4) is 0 Å². The van der Waals surface area contributed by atoms with Crippen molar-refractivity contribution < 1.29 is 9.94 Å². The van der Waals surface area contributed by atoms with Crippen LogP contribution in [0.4, 0.5) is 0 Å². The summed E-state index contributed by atoms with van der Waals surface area (Å²) < 4.78 is 0. The normalized spacial score (nSPS) is 13.4. The van der Waals surface area contributed by atoms with Gasteiger partial charge in [-0.25, -0.2) is 0 Å². The second-order valence-corrected chi connectivity index (χ2v) is 5.83. The standard InChI is InChI=1S/C19H27N3O2/c1-3-22(4-2)13-17(23)14-24-21-19(20)12-16-10-7-9-15-8-5-6-11-18(15)16/h5-11,17,23H,3-4,12-14H2,1-2H3,(H2,20,21). The van der Waals surface area contributed by atoms with Crippen LogP contribution in [-0.2, 0) is 11.3 Å². The Kier molecular flexibility index (Phi) is 7.03. The Morgan fingerprint density at radius 3 is 2.62 bits per heavy atom. The van der Waals surface area contributed by atoms with E-state index in [2.05, 4.69) is 42.1 Å². The minimum atomic E-state index is -0.570. The quantitative estimate of drug-likeness (QED) is 0.421. The maximum absolute atomic E-state index is 9.95. The third-order valence-electron chi connectivity index (χ3n) is 4.06. The van der Waals surface area contributed by atoms with Crippen LogP contribution in [0, 0.1) is 0 Å². The third-order valence-corrected chi connectivity index (χ3v) is 4.06. The monoisotopic (exact) mass is 329 g/mol. The van der Waals surface area contributed by atoms with Gasteiger partial charge in [-0.3, -0.25) is 0 Å². The summed E-state index contributed by atoms with van der Waals surface area (Å²) >= 11 is 0. The van der Waals surface area contributed by atoms with Crippen LogP contribution in [0.5, 0.6) is 0 Å². The number of benzene rings is 2. The molecule has 2 aromatic carbocycles. The molecule has 2 aromatic rings. The van der Waals surface area contributed by atoms with E-state index in [1.54, 1.807) is 0 Å². The molecule has 0 aliphatic carbocycles. The lowest BCUT2D eigenvalue weighted by atomic mass is 10.0. The van der Waals surface area contributed by atoms with Gasteiger partial charge in [-0.05, 0) is 29.4 Å². The summed E-state index contributed by atoms with van der Waals surface area (Å²) in [5.41, 5.74) is 7.08. The molecule has 0 heterocycles. The predicted molar refractivity (Wildman–Crippen MR) is 99.0 cm³/mol. The van der Waals surface area contributed by atoms with E-state index in [4.69, 9.17) is 10.6 Å². The molecule has 5 heteroatoms. The molecule has 0 saturated heterocycles. The highest BCUT2D eigenvalue weighted by Crippen LogP contribution is 2.18. The second-order valence-electron chi connectivity index (χ2n) is 5.83. The van der Waals surface area contributed by atoms with Gasteiger partial charge in [0.1, 0.15) is 18.5 Å². The Bertz CT molecular complexity index is 663. The molecular formula is C19H27N3O2. The van der Waals surface area contributed by atoms with Gasteiger partial charge in [0.15, 0.2) is 0 Å². The highest BCUT2D eigenvalue weighted by Gasteiger charge is 2.09. The van der Waals surface area contributed by atoms with Crippen LogP contribution in [0.25, 0.3) is 10.8 Å². The summed E-state index contributed by atoms with van der Waals surface area (Å²) in [6, 6.07) is 14.3. The summed E-state index contributed by atoms with van der Waals surface area (Å²) in [4.78, 5) is 7.35. The van der Waals surface area contributed by atoms with Crippen LogP contribution < -0.4 is 5.73 Å². The van der Waals surface area contributed by atoms with Crippen molar-refractivity contribution in [2.45, 2.75) is 26.4 Å². The van der Waals surface area contributed by atoms with Gasteiger partial charge in [0, 0.05) is 13.0 Å². The average Bonchev–Trinajstić information content (AvgIpc) is 2.60. The molecule has 0 spiro atoms. The number of oxime groups is 1. The van der Waals surface area contributed by atoms with Crippen molar-refractivity contribution in [1.29, 1.82) is 0 Å². The number of aliphatic hydroxyl groups excluding tert-OH is 1. The van der Waals surface area contributed by atoms with Crippen molar-refractivity contribution in [1.82, 2.24) is 4.90 Å². The summed E-state index contributed by atoms with van der Waals surface area (Å²) in [6.07, 6.45) is -0.0490. The smallest absolute Gasteiger partial charge is 0.144 e. The number of fused-ring (bicyclic) bond motifs is 1. The Morgan fingerprint density at radius 2 is 1.88 bits per heavy atom. The summed E-state index contributed by atoms with van der Waals surface area (Å²) in [7, 11) is 0. The van der Waals surface area contributed by atoms with Crippen LogP contribution in [0.15, 0.2) is 47.6 Å². The van der Waals surface area contributed by atoms with Gasteiger partial charge in [-0.2, -0.15) is 0 Å². The molecule has 24 heavy (non-hydrogen) atoms. The average molecular weight is 329 g/mol. The first-order valence-corrected chi connectivity index (χ1v) is 8.45. The molecular weight excluding hydrogens is 302 g/mol. The summed E-state index contributed by atoms with van der Waals surface area (Å²) in [5, 5.41) is 16.2. The Morgan fingerprint density at radius 1 is 1.17 bits per heavy atom. The fraction of sp³-hybridized carbons (Fsp3) is 0.421. The van der Waals surface area contributed by atoms with Crippen LogP contribution >= 0.6 is 0 Å². The van der Waals surface area contributed by atoms with E-state index in [1.165, 1.54) is 10.8 Å². The number of hydrogen-bond acceptors (Lipinski definition) is 4. The van der Waals surface area contributed by atoms with E-state index >= 15 is 0 Å². The minimum absolute atomic E-state index is 0.146. The summed E-state index contributed by atoms with van der Waals surface area (Å²) in [5.74, 6) is 0.404. The van der Waals surface area contributed by atoms with Gasteiger partial charge >= 0.3 is 0 Å². The summed E-state index contributed by atoms with van der Waals surface area (Å²) in [6.45, 7) is 6.66. The SMILES string of the molecule is CCN(CC)CC(O)CO/N=C(\N)Cc1cccc2ccccc12. The van der Waals surface area contributed by atoms with E-state index in [1.807, 2.05) is 24.3 Å². The van der Waals surface area contributed by atoms with Crippen LogP contribution in [0.2, 0.25) is 0 Å². The molecule has 0 aliphatic rings. The van der Waals surface area contributed by atoms with E-state index in [0.29, 0.717) is 18.8 Å². The van der Waals surface area contributed by atoms with Gasteiger partial charge in [0.25, 0.3) is 0 Å². The van der Waals surface area contributed by atoms with Gasteiger partial charge in [-0.15, -0.1) is 0 Å². The van der Waals surface area contributed by atoms with Crippen molar-refractivity contribution in [3.63, 3.8) is 0 Å². The van der Waals surface area contributed by atoms with Crippen molar-refractivity contribution in [3.8, 4) is 0 Å². The predicted octanol–water partition coefficient (Wildman–Crippen LogP) is 2.37. The van der Waals surface area contributed by atoms with E-state index in [-0.39, 0.29) is 6.61 Å². The zero-order chi connectivity index (χ0) is 17.4.